The number of thiophene rings is 1. The highest BCUT2D eigenvalue weighted by molar-refractivity contribution is 7.19. The molecule has 0 spiro atoms. The molecule has 118 valence electrons. The van der Waals surface area contributed by atoms with Crippen molar-refractivity contribution in [3.8, 4) is 0 Å². The first-order valence-electron chi connectivity index (χ1n) is 7.75. The molecule has 0 unspecified atom stereocenters. The zero-order valence-corrected chi connectivity index (χ0v) is 13.8. The summed E-state index contributed by atoms with van der Waals surface area (Å²) in [6.45, 7) is 3.02. The van der Waals surface area contributed by atoms with Gasteiger partial charge in [-0.1, -0.05) is 6.92 Å². The standard InChI is InChI=1S/C16H21N3O2S/c1-10-5-6-11-12(8-10)22-16-14(11)15(18-9-19-16)17-7-3-4-13(20)21-2/h9-10H,3-8H2,1-2H3,(H,17,18,19)/t10-/m1/s1. The first kappa shape index (κ1) is 15.2. The molecule has 5 nitrogen and oxygen atoms in total. The van der Waals surface area contributed by atoms with Gasteiger partial charge in [-0.15, -0.1) is 11.3 Å². The van der Waals surface area contributed by atoms with Crippen LogP contribution in [0.5, 0.6) is 0 Å². The van der Waals surface area contributed by atoms with Crippen molar-refractivity contribution in [3.05, 3.63) is 16.8 Å². The number of methoxy groups -OCH3 is 1. The molecule has 2 aromatic rings. The van der Waals surface area contributed by atoms with Gasteiger partial charge in [0.1, 0.15) is 17.0 Å². The number of aryl methyl sites for hydroxylation is 1. The van der Waals surface area contributed by atoms with Crippen LogP contribution in [0.3, 0.4) is 0 Å². The number of anilines is 1. The van der Waals surface area contributed by atoms with Gasteiger partial charge in [0.05, 0.1) is 12.5 Å². The summed E-state index contributed by atoms with van der Waals surface area (Å²) >= 11 is 1.80. The molecule has 6 heteroatoms. The molecule has 0 aromatic carbocycles. The monoisotopic (exact) mass is 319 g/mol. The van der Waals surface area contributed by atoms with Gasteiger partial charge in [-0.05, 0) is 37.2 Å². The van der Waals surface area contributed by atoms with Gasteiger partial charge >= 0.3 is 5.97 Å². The van der Waals surface area contributed by atoms with Crippen molar-refractivity contribution in [2.75, 3.05) is 19.0 Å². The van der Waals surface area contributed by atoms with Crippen LogP contribution in [0, 0.1) is 5.92 Å². The average Bonchev–Trinajstić information content (AvgIpc) is 2.89. The van der Waals surface area contributed by atoms with Gasteiger partial charge in [0.15, 0.2) is 0 Å². The van der Waals surface area contributed by atoms with E-state index in [0.717, 1.165) is 35.8 Å². The maximum Gasteiger partial charge on any atom is 0.305 e. The predicted molar refractivity (Wildman–Crippen MR) is 88.3 cm³/mol. The first-order chi connectivity index (χ1) is 10.7. The minimum Gasteiger partial charge on any atom is -0.469 e. The number of hydrogen-bond donors (Lipinski definition) is 1. The molecule has 2 aromatic heterocycles. The van der Waals surface area contributed by atoms with Crippen molar-refractivity contribution in [1.29, 1.82) is 0 Å². The van der Waals surface area contributed by atoms with E-state index in [1.54, 1.807) is 17.7 Å². The van der Waals surface area contributed by atoms with E-state index in [-0.39, 0.29) is 5.97 Å². The number of ether oxygens (including phenoxy) is 1. The Hall–Kier alpha value is -1.69. The fraction of sp³-hybridized carbons (Fsp3) is 0.562. The third-order valence-electron chi connectivity index (χ3n) is 4.17. The fourth-order valence-corrected chi connectivity index (χ4v) is 4.30. The van der Waals surface area contributed by atoms with Gasteiger partial charge in [0.25, 0.3) is 0 Å². The molecule has 0 saturated carbocycles. The molecule has 0 saturated heterocycles. The predicted octanol–water partition coefficient (Wildman–Crippen LogP) is 3.18. The van der Waals surface area contributed by atoms with Crippen LogP contribution < -0.4 is 5.32 Å². The van der Waals surface area contributed by atoms with Crippen LogP contribution in [0.4, 0.5) is 5.82 Å². The van der Waals surface area contributed by atoms with E-state index in [0.29, 0.717) is 13.0 Å². The van der Waals surface area contributed by atoms with Crippen molar-refractivity contribution in [1.82, 2.24) is 9.97 Å². The second-order valence-electron chi connectivity index (χ2n) is 5.86. The first-order valence-corrected chi connectivity index (χ1v) is 8.56. The number of carbonyl (C=O) groups is 1. The SMILES string of the molecule is COC(=O)CCCNc1ncnc2sc3c(c12)CC[C@@H](C)C3. The molecular formula is C16H21N3O2S. The van der Waals surface area contributed by atoms with Crippen LogP contribution >= 0.6 is 11.3 Å². The lowest BCUT2D eigenvalue weighted by atomic mass is 9.89. The Morgan fingerprint density at radius 1 is 1.50 bits per heavy atom. The minimum atomic E-state index is -0.170. The summed E-state index contributed by atoms with van der Waals surface area (Å²) in [4.78, 5) is 22.5. The van der Waals surface area contributed by atoms with E-state index in [4.69, 9.17) is 0 Å². The summed E-state index contributed by atoms with van der Waals surface area (Å²) in [6, 6.07) is 0. The lowest BCUT2D eigenvalue weighted by Crippen LogP contribution is -2.10. The van der Waals surface area contributed by atoms with Crippen molar-refractivity contribution >= 4 is 33.3 Å². The Labute approximate surface area is 134 Å². The Bertz CT molecular complexity index is 683. The van der Waals surface area contributed by atoms with Crippen LogP contribution in [0.15, 0.2) is 6.33 Å². The summed E-state index contributed by atoms with van der Waals surface area (Å²) < 4.78 is 4.65. The molecule has 3 rings (SSSR count). The van der Waals surface area contributed by atoms with Crippen molar-refractivity contribution in [2.45, 2.75) is 39.0 Å². The molecule has 1 N–H and O–H groups in total. The lowest BCUT2D eigenvalue weighted by Gasteiger charge is -2.18. The van der Waals surface area contributed by atoms with E-state index in [2.05, 4.69) is 26.9 Å². The zero-order chi connectivity index (χ0) is 15.5. The normalized spacial score (nSPS) is 17.3. The van der Waals surface area contributed by atoms with Gasteiger partial charge in [-0.3, -0.25) is 4.79 Å². The molecule has 0 bridgehead atoms. The third kappa shape index (κ3) is 3.06. The van der Waals surface area contributed by atoms with Crippen LogP contribution in [0.25, 0.3) is 10.2 Å². The number of carbonyl (C=O) groups excluding carboxylic acids is 1. The van der Waals surface area contributed by atoms with Gasteiger partial charge in [-0.2, -0.15) is 0 Å². The van der Waals surface area contributed by atoms with Crippen molar-refractivity contribution < 1.29 is 9.53 Å². The highest BCUT2D eigenvalue weighted by Crippen LogP contribution is 2.39. The number of esters is 1. The number of rotatable bonds is 5. The summed E-state index contributed by atoms with van der Waals surface area (Å²) in [5.74, 6) is 1.49. The van der Waals surface area contributed by atoms with Crippen LogP contribution in [-0.4, -0.2) is 29.6 Å². The zero-order valence-electron chi connectivity index (χ0n) is 13.0. The lowest BCUT2D eigenvalue weighted by molar-refractivity contribution is -0.140. The smallest absolute Gasteiger partial charge is 0.305 e. The second kappa shape index (κ2) is 6.60. The molecule has 1 aliphatic carbocycles. The van der Waals surface area contributed by atoms with E-state index in [1.807, 2.05) is 0 Å². The van der Waals surface area contributed by atoms with E-state index in [1.165, 1.54) is 29.4 Å². The molecular weight excluding hydrogens is 298 g/mol. The molecule has 0 fully saturated rings. The largest absolute Gasteiger partial charge is 0.469 e. The molecule has 0 aliphatic heterocycles. The van der Waals surface area contributed by atoms with Crippen molar-refractivity contribution in [2.24, 2.45) is 5.92 Å². The summed E-state index contributed by atoms with van der Waals surface area (Å²) in [6.07, 6.45) is 6.28. The molecule has 2 heterocycles. The van der Waals surface area contributed by atoms with E-state index >= 15 is 0 Å². The van der Waals surface area contributed by atoms with Crippen LogP contribution in [0.2, 0.25) is 0 Å². The maximum absolute atomic E-state index is 11.1. The molecule has 1 aliphatic rings. The number of aromatic nitrogens is 2. The quantitative estimate of drug-likeness (QED) is 0.677. The van der Waals surface area contributed by atoms with Crippen molar-refractivity contribution in [3.63, 3.8) is 0 Å². The Morgan fingerprint density at radius 3 is 3.18 bits per heavy atom. The van der Waals surface area contributed by atoms with Gasteiger partial charge < -0.3 is 10.1 Å². The topological polar surface area (TPSA) is 64.1 Å². The molecule has 0 radical (unpaired) electrons. The van der Waals surface area contributed by atoms with Crippen LogP contribution in [-0.2, 0) is 22.4 Å². The summed E-state index contributed by atoms with van der Waals surface area (Å²) in [5, 5.41) is 4.55. The highest BCUT2D eigenvalue weighted by atomic mass is 32.1. The Morgan fingerprint density at radius 2 is 2.36 bits per heavy atom. The summed E-state index contributed by atoms with van der Waals surface area (Å²) in [7, 11) is 1.42. The number of hydrogen-bond acceptors (Lipinski definition) is 6. The fourth-order valence-electron chi connectivity index (χ4n) is 2.95. The number of nitrogens with one attached hydrogen (secondary N) is 1. The number of fused-ring (bicyclic) bond motifs is 3. The Kier molecular flexibility index (Phi) is 4.57. The van der Waals surface area contributed by atoms with E-state index < -0.39 is 0 Å². The minimum absolute atomic E-state index is 0.170. The molecule has 0 amide bonds. The molecule has 1 atom stereocenters. The second-order valence-corrected chi connectivity index (χ2v) is 6.94. The Balaban J connectivity index is 1.77. The van der Waals surface area contributed by atoms with Gasteiger partial charge in [-0.25, -0.2) is 9.97 Å². The van der Waals surface area contributed by atoms with Gasteiger partial charge in [0.2, 0.25) is 0 Å². The third-order valence-corrected chi connectivity index (χ3v) is 5.33. The van der Waals surface area contributed by atoms with Gasteiger partial charge in [0, 0.05) is 17.8 Å². The van der Waals surface area contributed by atoms with Crippen LogP contribution in [0.1, 0.15) is 36.6 Å². The average molecular weight is 319 g/mol. The maximum atomic E-state index is 11.1. The summed E-state index contributed by atoms with van der Waals surface area (Å²) in [5.41, 5.74) is 1.43. The van der Waals surface area contributed by atoms with E-state index in [9.17, 15) is 4.79 Å². The highest BCUT2D eigenvalue weighted by Gasteiger charge is 2.22. The molecule has 22 heavy (non-hydrogen) atoms. The number of nitrogens with zero attached hydrogens (tertiary/aromatic N) is 2.